The van der Waals surface area contributed by atoms with Gasteiger partial charge in [-0.3, -0.25) is 0 Å². The third-order valence-electron chi connectivity index (χ3n) is 3.14. The Bertz CT molecular complexity index is 344. The highest BCUT2D eigenvalue weighted by atomic mass is 32.2. The summed E-state index contributed by atoms with van der Waals surface area (Å²) in [5.74, 6) is 0.972. The van der Waals surface area contributed by atoms with Gasteiger partial charge in [-0.1, -0.05) is 73.6 Å². The molecule has 0 radical (unpaired) electrons. The molecule has 1 aromatic rings. The maximum Gasteiger partial charge on any atom is 0.134 e. The number of hydrogen-bond acceptors (Lipinski definition) is 2. The van der Waals surface area contributed by atoms with E-state index in [0.717, 1.165) is 10.1 Å². The summed E-state index contributed by atoms with van der Waals surface area (Å²) in [6.07, 6.45) is 6.66. The topological polar surface area (TPSA) is 12.0 Å². The summed E-state index contributed by atoms with van der Waals surface area (Å²) in [5.41, 5.74) is 1.34. The fourth-order valence-electron chi connectivity index (χ4n) is 2.18. The Labute approximate surface area is 113 Å². The zero-order valence-corrected chi connectivity index (χ0v) is 11.7. The number of nitrogens with one attached hydrogen (secondary N) is 1. The van der Waals surface area contributed by atoms with E-state index < -0.39 is 0 Å². The van der Waals surface area contributed by atoms with E-state index in [-0.39, 0.29) is 0 Å². The second-order valence-corrected chi connectivity index (χ2v) is 6.19. The predicted molar refractivity (Wildman–Crippen MR) is 80.3 cm³/mol. The molecule has 0 atom stereocenters. The highest BCUT2D eigenvalue weighted by Crippen LogP contribution is 2.19. The SMILES string of the molecule is S=C(NC1CCCCC1)SCc1ccccc1. The first-order valence-corrected chi connectivity index (χ1v) is 7.71. The lowest BCUT2D eigenvalue weighted by atomic mass is 9.96. The maximum absolute atomic E-state index is 5.39. The van der Waals surface area contributed by atoms with Gasteiger partial charge in [0.1, 0.15) is 4.32 Å². The van der Waals surface area contributed by atoms with Crippen LogP contribution in [0.2, 0.25) is 0 Å². The van der Waals surface area contributed by atoms with Crippen LogP contribution in [0.3, 0.4) is 0 Å². The largest absolute Gasteiger partial charge is 0.368 e. The molecule has 0 heterocycles. The number of benzene rings is 1. The molecule has 92 valence electrons. The Morgan fingerprint density at radius 3 is 2.59 bits per heavy atom. The molecule has 0 spiro atoms. The van der Waals surface area contributed by atoms with E-state index >= 15 is 0 Å². The quantitative estimate of drug-likeness (QED) is 0.825. The predicted octanol–water partition coefficient (Wildman–Crippen LogP) is 4.13. The molecule has 0 aromatic heterocycles. The lowest BCUT2D eigenvalue weighted by Gasteiger charge is -2.23. The molecular weight excluding hydrogens is 246 g/mol. The minimum Gasteiger partial charge on any atom is -0.368 e. The molecule has 1 aliphatic carbocycles. The van der Waals surface area contributed by atoms with Crippen LogP contribution in [-0.2, 0) is 5.75 Å². The average molecular weight is 265 g/mol. The summed E-state index contributed by atoms with van der Waals surface area (Å²) >= 11 is 7.13. The van der Waals surface area contributed by atoms with Gasteiger partial charge in [-0.25, -0.2) is 0 Å². The van der Waals surface area contributed by atoms with Gasteiger partial charge in [-0.2, -0.15) is 0 Å². The summed E-state index contributed by atoms with van der Waals surface area (Å²) in [6.45, 7) is 0. The summed E-state index contributed by atoms with van der Waals surface area (Å²) < 4.78 is 0.959. The lowest BCUT2D eigenvalue weighted by molar-refractivity contribution is 0.416. The van der Waals surface area contributed by atoms with E-state index in [1.165, 1.54) is 37.7 Å². The van der Waals surface area contributed by atoms with Gasteiger partial charge < -0.3 is 5.32 Å². The van der Waals surface area contributed by atoms with Crippen molar-refractivity contribution in [2.75, 3.05) is 0 Å². The first kappa shape index (κ1) is 12.9. The Morgan fingerprint density at radius 2 is 1.88 bits per heavy atom. The van der Waals surface area contributed by atoms with Crippen molar-refractivity contribution in [3.63, 3.8) is 0 Å². The normalized spacial score (nSPS) is 16.7. The third-order valence-corrected chi connectivity index (χ3v) is 4.47. The van der Waals surface area contributed by atoms with Gasteiger partial charge in [0.15, 0.2) is 0 Å². The standard InChI is InChI=1S/C14H19NS2/c16-14(15-13-9-5-2-6-10-13)17-11-12-7-3-1-4-8-12/h1,3-4,7-8,13H,2,5-6,9-11H2,(H,15,16). The maximum atomic E-state index is 5.39. The van der Waals surface area contributed by atoms with Crippen LogP contribution < -0.4 is 5.32 Å². The van der Waals surface area contributed by atoms with Crippen molar-refractivity contribution in [1.82, 2.24) is 5.32 Å². The first-order valence-electron chi connectivity index (χ1n) is 6.32. The van der Waals surface area contributed by atoms with Crippen LogP contribution in [0.4, 0.5) is 0 Å². The number of thiocarbonyl (C=S) groups is 1. The smallest absolute Gasteiger partial charge is 0.134 e. The summed E-state index contributed by atoms with van der Waals surface area (Å²) in [5, 5.41) is 3.48. The van der Waals surface area contributed by atoms with Crippen LogP contribution in [0.15, 0.2) is 30.3 Å². The van der Waals surface area contributed by atoms with E-state index in [9.17, 15) is 0 Å². The summed E-state index contributed by atoms with van der Waals surface area (Å²) in [7, 11) is 0. The van der Waals surface area contributed by atoms with E-state index in [4.69, 9.17) is 12.2 Å². The molecule has 0 amide bonds. The van der Waals surface area contributed by atoms with Crippen molar-refractivity contribution < 1.29 is 0 Å². The van der Waals surface area contributed by atoms with E-state index in [2.05, 4.69) is 29.6 Å². The minimum atomic E-state index is 0.625. The van der Waals surface area contributed by atoms with Gasteiger partial charge in [-0.15, -0.1) is 0 Å². The Hall–Kier alpha value is -0.540. The van der Waals surface area contributed by atoms with Gasteiger partial charge in [0, 0.05) is 11.8 Å². The van der Waals surface area contributed by atoms with E-state index in [1.807, 2.05) is 6.07 Å². The van der Waals surface area contributed by atoms with E-state index in [1.54, 1.807) is 11.8 Å². The van der Waals surface area contributed by atoms with Crippen LogP contribution >= 0.6 is 24.0 Å². The molecule has 0 unspecified atom stereocenters. The first-order chi connectivity index (χ1) is 8.34. The van der Waals surface area contributed by atoms with Gasteiger partial charge in [-0.05, 0) is 18.4 Å². The average Bonchev–Trinajstić information content (AvgIpc) is 2.39. The van der Waals surface area contributed by atoms with Crippen LogP contribution in [0.1, 0.15) is 37.7 Å². The van der Waals surface area contributed by atoms with Crippen LogP contribution in [-0.4, -0.2) is 10.4 Å². The zero-order chi connectivity index (χ0) is 11.9. The van der Waals surface area contributed by atoms with E-state index in [0.29, 0.717) is 6.04 Å². The minimum absolute atomic E-state index is 0.625. The molecule has 1 fully saturated rings. The fourth-order valence-corrected chi connectivity index (χ4v) is 3.26. The molecule has 17 heavy (non-hydrogen) atoms. The molecule has 1 nitrogen and oxygen atoms in total. The van der Waals surface area contributed by atoms with Gasteiger partial charge in [0.25, 0.3) is 0 Å². The molecule has 0 bridgehead atoms. The van der Waals surface area contributed by atoms with Crippen molar-refractivity contribution in [2.24, 2.45) is 0 Å². The van der Waals surface area contributed by atoms with Crippen molar-refractivity contribution in [3.05, 3.63) is 35.9 Å². The van der Waals surface area contributed by atoms with Crippen molar-refractivity contribution in [3.8, 4) is 0 Å². The van der Waals surface area contributed by atoms with Crippen LogP contribution in [0, 0.1) is 0 Å². The van der Waals surface area contributed by atoms with Crippen LogP contribution in [0.25, 0.3) is 0 Å². The van der Waals surface area contributed by atoms with Gasteiger partial charge >= 0.3 is 0 Å². The van der Waals surface area contributed by atoms with Crippen LogP contribution in [0.5, 0.6) is 0 Å². The van der Waals surface area contributed by atoms with Crippen molar-refractivity contribution in [2.45, 2.75) is 43.9 Å². The Morgan fingerprint density at radius 1 is 1.18 bits per heavy atom. The molecular formula is C14H19NS2. The number of rotatable bonds is 3. The lowest BCUT2D eigenvalue weighted by Crippen LogP contribution is -2.33. The Kier molecular flexibility index (Phi) is 5.33. The van der Waals surface area contributed by atoms with Gasteiger partial charge in [0.05, 0.1) is 0 Å². The molecule has 0 aliphatic heterocycles. The summed E-state index contributed by atoms with van der Waals surface area (Å²) in [4.78, 5) is 0. The number of thioether (sulfide) groups is 1. The highest BCUT2D eigenvalue weighted by Gasteiger charge is 2.13. The third kappa shape index (κ3) is 4.68. The molecule has 1 aliphatic rings. The van der Waals surface area contributed by atoms with Gasteiger partial charge in [0.2, 0.25) is 0 Å². The molecule has 3 heteroatoms. The van der Waals surface area contributed by atoms with Crippen molar-refractivity contribution in [1.29, 1.82) is 0 Å². The molecule has 1 saturated carbocycles. The second-order valence-electron chi connectivity index (χ2n) is 4.54. The zero-order valence-electron chi connectivity index (χ0n) is 10.0. The second kappa shape index (κ2) is 7.02. The molecule has 0 saturated heterocycles. The monoisotopic (exact) mass is 265 g/mol. The molecule has 1 aromatic carbocycles. The Balaban J connectivity index is 1.70. The molecule has 1 N–H and O–H groups in total. The number of hydrogen-bond donors (Lipinski definition) is 1. The molecule has 2 rings (SSSR count). The fraction of sp³-hybridized carbons (Fsp3) is 0.500. The summed E-state index contributed by atoms with van der Waals surface area (Å²) in [6, 6.07) is 11.1. The highest BCUT2D eigenvalue weighted by molar-refractivity contribution is 8.22. The van der Waals surface area contributed by atoms with Crippen molar-refractivity contribution >= 4 is 28.3 Å².